The highest BCUT2D eigenvalue weighted by atomic mass is 79.9. The zero-order chi connectivity index (χ0) is 11.0. The van der Waals surface area contributed by atoms with E-state index in [1.807, 2.05) is 36.4 Å². The van der Waals surface area contributed by atoms with Crippen molar-refractivity contribution in [2.75, 3.05) is 5.32 Å². The summed E-state index contributed by atoms with van der Waals surface area (Å²) >= 11 is 3.52. The van der Waals surface area contributed by atoms with Crippen molar-refractivity contribution in [2.24, 2.45) is 0 Å². The molecular weight excluding hydrogens is 266 g/mol. The molecule has 0 radical (unpaired) electrons. The van der Waals surface area contributed by atoms with E-state index in [-0.39, 0.29) is 0 Å². The second-order valence-corrected chi connectivity index (χ2v) is 4.53. The third-order valence-electron chi connectivity index (χ3n) is 2.62. The lowest BCUT2D eigenvalue weighted by molar-refractivity contribution is 0.481. The van der Waals surface area contributed by atoms with E-state index >= 15 is 0 Å². The molecule has 2 nitrogen and oxygen atoms in total. The Morgan fingerprint density at radius 1 is 1.06 bits per heavy atom. The first-order valence-electron chi connectivity index (χ1n) is 5.13. The van der Waals surface area contributed by atoms with Gasteiger partial charge in [0.25, 0.3) is 0 Å². The van der Waals surface area contributed by atoms with Crippen molar-refractivity contribution in [3.63, 3.8) is 0 Å². The summed E-state index contributed by atoms with van der Waals surface area (Å²) in [5.74, 6) is 1.77. The molecule has 0 amide bonds. The quantitative estimate of drug-likeness (QED) is 0.779. The molecule has 0 atom stereocenters. The lowest BCUT2D eigenvalue weighted by Gasteiger charge is -2.09. The van der Waals surface area contributed by atoms with Gasteiger partial charge in [-0.15, -0.1) is 0 Å². The number of hydrogen-bond acceptors (Lipinski definition) is 2. The van der Waals surface area contributed by atoms with Crippen LogP contribution in [-0.4, -0.2) is 0 Å². The molecule has 2 aromatic rings. The van der Waals surface area contributed by atoms with E-state index in [0.717, 1.165) is 33.8 Å². The highest BCUT2D eigenvalue weighted by molar-refractivity contribution is 9.10. The third kappa shape index (κ3) is 1.57. The smallest absolute Gasteiger partial charge is 0.150 e. The van der Waals surface area contributed by atoms with Crippen LogP contribution >= 0.6 is 15.9 Å². The normalized spacial score (nSPS) is 12.8. The third-order valence-corrected chi connectivity index (χ3v) is 3.24. The van der Waals surface area contributed by atoms with Crippen LogP contribution in [0.2, 0.25) is 0 Å². The van der Waals surface area contributed by atoms with Crippen LogP contribution in [0.1, 0.15) is 5.56 Å². The molecule has 1 N–H and O–H groups in total. The molecule has 0 saturated heterocycles. The van der Waals surface area contributed by atoms with Gasteiger partial charge in [-0.2, -0.15) is 0 Å². The van der Waals surface area contributed by atoms with E-state index < -0.39 is 0 Å². The number of benzene rings is 2. The van der Waals surface area contributed by atoms with Crippen LogP contribution < -0.4 is 10.1 Å². The Balaban J connectivity index is 2.13. The van der Waals surface area contributed by atoms with Crippen LogP contribution in [-0.2, 0) is 6.54 Å². The monoisotopic (exact) mass is 275 g/mol. The Kier molecular flexibility index (Phi) is 2.33. The van der Waals surface area contributed by atoms with Crippen molar-refractivity contribution < 1.29 is 4.74 Å². The van der Waals surface area contributed by atoms with Crippen LogP contribution in [0.5, 0.6) is 11.5 Å². The molecular formula is C13H10BrNO. The first-order chi connectivity index (χ1) is 7.84. The lowest BCUT2D eigenvalue weighted by Crippen LogP contribution is -1.96. The number of nitrogens with one attached hydrogen (secondary N) is 1. The predicted octanol–water partition coefficient (Wildman–Crippen LogP) is 4.17. The molecule has 0 unspecified atom stereocenters. The largest absolute Gasteiger partial charge is 0.454 e. The second kappa shape index (κ2) is 3.83. The second-order valence-electron chi connectivity index (χ2n) is 3.68. The average Bonchev–Trinajstić information content (AvgIpc) is 2.50. The minimum Gasteiger partial charge on any atom is -0.454 e. The number of fused-ring (bicyclic) bond motifs is 2. The van der Waals surface area contributed by atoms with Gasteiger partial charge >= 0.3 is 0 Å². The predicted molar refractivity (Wildman–Crippen MR) is 68.0 cm³/mol. The molecule has 16 heavy (non-hydrogen) atoms. The summed E-state index contributed by atoms with van der Waals surface area (Å²) in [5, 5.41) is 3.36. The maximum absolute atomic E-state index is 5.92. The molecule has 0 spiro atoms. The fourth-order valence-electron chi connectivity index (χ4n) is 1.81. The van der Waals surface area contributed by atoms with E-state index in [9.17, 15) is 0 Å². The molecule has 80 valence electrons. The van der Waals surface area contributed by atoms with Gasteiger partial charge in [-0.05, 0) is 34.1 Å². The molecule has 0 bridgehead atoms. The SMILES string of the molecule is Brc1cccc2c1Oc1ccccc1NC2. The van der Waals surface area contributed by atoms with Gasteiger partial charge in [0.05, 0.1) is 10.2 Å². The first-order valence-corrected chi connectivity index (χ1v) is 5.92. The van der Waals surface area contributed by atoms with Crippen LogP contribution in [0, 0.1) is 0 Å². The van der Waals surface area contributed by atoms with E-state index in [1.54, 1.807) is 0 Å². The summed E-state index contributed by atoms with van der Waals surface area (Å²) < 4.78 is 6.91. The van der Waals surface area contributed by atoms with Gasteiger partial charge in [0, 0.05) is 12.1 Å². The fraction of sp³-hybridized carbons (Fsp3) is 0.0769. The van der Waals surface area contributed by atoms with Gasteiger partial charge < -0.3 is 10.1 Å². The van der Waals surface area contributed by atoms with Gasteiger partial charge in [0.2, 0.25) is 0 Å². The number of rotatable bonds is 0. The number of para-hydroxylation sites is 3. The average molecular weight is 276 g/mol. The van der Waals surface area contributed by atoms with Crippen molar-refractivity contribution in [1.82, 2.24) is 0 Å². The summed E-state index contributed by atoms with van der Waals surface area (Å²) in [6, 6.07) is 14.0. The minimum absolute atomic E-state index is 0.784. The van der Waals surface area contributed by atoms with Crippen molar-refractivity contribution >= 4 is 21.6 Å². The van der Waals surface area contributed by atoms with E-state index in [0.29, 0.717) is 0 Å². The minimum atomic E-state index is 0.784. The fourth-order valence-corrected chi connectivity index (χ4v) is 2.30. The van der Waals surface area contributed by atoms with Crippen molar-refractivity contribution in [3.05, 3.63) is 52.5 Å². The molecule has 1 aliphatic rings. The van der Waals surface area contributed by atoms with E-state index in [2.05, 4.69) is 27.3 Å². The molecule has 3 rings (SSSR count). The van der Waals surface area contributed by atoms with Gasteiger partial charge in [-0.3, -0.25) is 0 Å². The van der Waals surface area contributed by atoms with Crippen molar-refractivity contribution in [2.45, 2.75) is 6.54 Å². The molecule has 1 aliphatic heterocycles. The van der Waals surface area contributed by atoms with Crippen molar-refractivity contribution in [3.8, 4) is 11.5 Å². The number of anilines is 1. The standard InChI is InChI=1S/C13H10BrNO/c14-10-5-3-4-9-8-15-11-6-1-2-7-12(11)16-13(9)10/h1-7,15H,8H2. The maximum Gasteiger partial charge on any atom is 0.150 e. The molecule has 0 fully saturated rings. The first kappa shape index (κ1) is 9.73. The van der Waals surface area contributed by atoms with Crippen LogP contribution in [0.4, 0.5) is 5.69 Å². The molecule has 0 saturated carbocycles. The lowest BCUT2D eigenvalue weighted by atomic mass is 10.2. The molecule has 0 aromatic heterocycles. The van der Waals surface area contributed by atoms with Gasteiger partial charge in [-0.25, -0.2) is 0 Å². The summed E-state index contributed by atoms with van der Waals surface area (Å²) in [5.41, 5.74) is 2.19. The Morgan fingerprint density at radius 3 is 2.88 bits per heavy atom. The summed E-state index contributed by atoms with van der Waals surface area (Å²) in [7, 11) is 0. The molecule has 3 heteroatoms. The highest BCUT2D eigenvalue weighted by Gasteiger charge is 2.15. The highest BCUT2D eigenvalue weighted by Crippen LogP contribution is 2.39. The van der Waals surface area contributed by atoms with Crippen LogP contribution in [0.25, 0.3) is 0 Å². The molecule has 0 aliphatic carbocycles. The van der Waals surface area contributed by atoms with Gasteiger partial charge in [0.15, 0.2) is 5.75 Å². The Bertz CT molecular complexity index is 539. The Morgan fingerprint density at radius 2 is 1.94 bits per heavy atom. The van der Waals surface area contributed by atoms with E-state index in [1.165, 1.54) is 0 Å². The molecule has 2 aromatic carbocycles. The number of halogens is 1. The topological polar surface area (TPSA) is 21.3 Å². The summed E-state index contributed by atoms with van der Waals surface area (Å²) in [6.45, 7) is 0.784. The Labute approximate surface area is 102 Å². The zero-order valence-electron chi connectivity index (χ0n) is 8.53. The van der Waals surface area contributed by atoms with Gasteiger partial charge in [0.1, 0.15) is 5.75 Å². The van der Waals surface area contributed by atoms with Crippen LogP contribution in [0.3, 0.4) is 0 Å². The zero-order valence-corrected chi connectivity index (χ0v) is 10.1. The summed E-state index contributed by atoms with van der Waals surface area (Å²) in [6.07, 6.45) is 0. The summed E-state index contributed by atoms with van der Waals surface area (Å²) in [4.78, 5) is 0. The van der Waals surface area contributed by atoms with Gasteiger partial charge in [-0.1, -0.05) is 24.3 Å². The maximum atomic E-state index is 5.92. The Hall–Kier alpha value is -1.48. The van der Waals surface area contributed by atoms with E-state index in [4.69, 9.17) is 4.74 Å². The number of ether oxygens (including phenoxy) is 1. The molecule has 1 heterocycles. The number of hydrogen-bond donors (Lipinski definition) is 1. The van der Waals surface area contributed by atoms with Crippen LogP contribution in [0.15, 0.2) is 46.9 Å². The van der Waals surface area contributed by atoms with Crippen molar-refractivity contribution in [1.29, 1.82) is 0 Å².